The van der Waals surface area contributed by atoms with E-state index in [1.54, 1.807) is 17.6 Å². The van der Waals surface area contributed by atoms with E-state index in [4.69, 9.17) is 9.68 Å². The number of anilines is 1. The zero-order chi connectivity index (χ0) is 14.7. The van der Waals surface area contributed by atoms with Gasteiger partial charge in [0.15, 0.2) is 5.13 Å². The summed E-state index contributed by atoms with van der Waals surface area (Å²) in [5.74, 6) is -0.0463. The van der Waals surface area contributed by atoms with Gasteiger partial charge in [-0.15, -0.1) is 11.3 Å². The molecule has 0 aliphatic carbocycles. The average Bonchev–Trinajstić information content (AvgIpc) is 3.12. The Morgan fingerprint density at radius 2 is 2.29 bits per heavy atom. The van der Waals surface area contributed by atoms with Gasteiger partial charge in [0.25, 0.3) is 5.91 Å². The van der Waals surface area contributed by atoms with Crippen molar-refractivity contribution in [2.45, 2.75) is 0 Å². The number of nitrogens with zero attached hydrogens (tertiary/aromatic N) is 2. The van der Waals surface area contributed by atoms with Crippen molar-refractivity contribution in [3.8, 4) is 6.07 Å². The molecule has 0 spiro atoms. The highest BCUT2D eigenvalue weighted by Gasteiger charge is 2.12. The number of carbonyl (C=O) groups excluding carboxylic acids is 1. The molecule has 1 N–H and O–H groups in total. The summed E-state index contributed by atoms with van der Waals surface area (Å²) in [6, 6.07) is 11.1. The fourth-order valence-corrected chi connectivity index (χ4v) is 2.34. The molecule has 0 fully saturated rings. The predicted molar refractivity (Wildman–Crippen MR) is 80.5 cm³/mol. The van der Waals surface area contributed by atoms with Crippen LogP contribution in [0, 0.1) is 11.3 Å². The van der Waals surface area contributed by atoms with Crippen molar-refractivity contribution in [2.24, 2.45) is 0 Å². The van der Waals surface area contributed by atoms with Gasteiger partial charge in [0.05, 0.1) is 0 Å². The van der Waals surface area contributed by atoms with Crippen LogP contribution < -0.4 is 5.32 Å². The minimum atomic E-state index is -0.507. The Balaban J connectivity index is 1.88. The van der Waals surface area contributed by atoms with E-state index >= 15 is 0 Å². The van der Waals surface area contributed by atoms with Crippen molar-refractivity contribution < 1.29 is 9.21 Å². The van der Waals surface area contributed by atoms with E-state index in [0.717, 1.165) is 5.39 Å². The molecule has 2 aromatic heterocycles. The summed E-state index contributed by atoms with van der Waals surface area (Å²) in [6.45, 7) is 0. The fraction of sp³-hybridized carbons (Fsp3) is 0. The van der Waals surface area contributed by atoms with Gasteiger partial charge in [-0.2, -0.15) is 5.26 Å². The molecular formula is C15H9N3O2S. The van der Waals surface area contributed by atoms with Crippen molar-refractivity contribution in [3.05, 3.63) is 53.2 Å². The van der Waals surface area contributed by atoms with E-state index in [-0.39, 0.29) is 5.57 Å². The summed E-state index contributed by atoms with van der Waals surface area (Å²) < 4.78 is 5.57. The molecule has 0 atom stereocenters. The highest BCUT2D eigenvalue weighted by Crippen LogP contribution is 2.21. The van der Waals surface area contributed by atoms with E-state index in [1.165, 1.54) is 17.4 Å². The molecule has 3 rings (SSSR count). The van der Waals surface area contributed by atoms with Gasteiger partial charge in [-0.3, -0.25) is 10.1 Å². The minimum absolute atomic E-state index is 0.0377. The van der Waals surface area contributed by atoms with Crippen LogP contribution in [0.25, 0.3) is 17.0 Å². The van der Waals surface area contributed by atoms with Crippen molar-refractivity contribution in [3.63, 3.8) is 0 Å². The Labute approximate surface area is 124 Å². The third kappa shape index (κ3) is 2.83. The summed E-state index contributed by atoms with van der Waals surface area (Å²) in [5, 5.41) is 14.8. The van der Waals surface area contributed by atoms with E-state index < -0.39 is 5.91 Å². The third-order valence-corrected chi connectivity index (χ3v) is 3.44. The Kier molecular flexibility index (Phi) is 3.50. The second-order valence-corrected chi connectivity index (χ2v) is 5.04. The molecule has 6 heteroatoms. The van der Waals surface area contributed by atoms with Crippen molar-refractivity contribution >= 4 is 39.4 Å². The quantitative estimate of drug-likeness (QED) is 0.593. The lowest BCUT2D eigenvalue weighted by molar-refractivity contribution is -0.112. The Hall–Kier alpha value is -2.91. The van der Waals surface area contributed by atoms with Gasteiger partial charge in [-0.1, -0.05) is 18.2 Å². The third-order valence-electron chi connectivity index (χ3n) is 2.75. The van der Waals surface area contributed by atoms with Crippen LogP contribution >= 0.6 is 11.3 Å². The molecule has 102 valence electrons. The molecule has 0 saturated carbocycles. The first kappa shape index (κ1) is 13.1. The topological polar surface area (TPSA) is 78.9 Å². The van der Waals surface area contributed by atoms with Crippen LogP contribution in [0.1, 0.15) is 5.76 Å². The minimum Gasteiger partial charge on any atom is -0.457 e. The number of furan rings is 1. The maximum absolute atomic E-state index is 12.0. The average molecular weight is 295 g/mol. The van der Waals surface area contributed by atoms with Crippen LogP contribution in [0.2, 0.25) is 0 Å². The first-order valence-corrected chi connectivity index (χ1v) is 6.95. The maximum Gasteiger partial charge on any atom is 0.268 e. The number of hydrogen-bond acceptors (Lipinski definition) is 5. The number of hydrogen-bond donors (Lipinski definition) is 1. The highest BCUT2D eigenvalue weighted by atomic mass is 32.1. The monoisotopic (exact) mass is 295 g/mol. The standard InChI is InChI=1S/C15H9N3O2S/c16-9-11(14(19)18-15-17-5-6-21-15)8-12-7-10-3-1-2-4-13(10)20-12/h1-8H,(H,17,18,19)/b11-8+. The zero-order valence-corrected chi connectivity index (χ0v) is 11.6. The van der Waals surface area contributed by atoms with Crippen LogP contribution in [0.4, 0.5) is 5.13 Å². The van der Waals surface area contributed by atoms with E-state index in [9.17, 15) is 4.79 Å². The van der Waals surface area contributed by atoms with Crippen molar-refractivity contribution in [2.75, 3.05) is 5.32 Å². The normalized spacial score (nSPS) is 11.3. The maximum atomic E-state index is 12.0. The summed E-state index contributed by atoms with van der Waals surface area (Å²) in [7, 11) is 0. The Morgan fingerprint density at radius 1 is 1.43 bits per heavy atom. The lowest BCUT2D eigenvalue weighted by Gasteiger charge is -1.98. The number of benzene rings is 1. The van der Waals surface area contributed by atoms with Gasteiger partial charge in [-0.05, 0) is 12.1 Å². The number of fused-ring (bicyclic) bond motifs is 1. The van der Waals surface area contributed by atoms with Gasteiger partial charge < -0.3 is 4.42 Å². The molecule has 0 bridgehead atoms. The largest absolute Gasteiger partial charge is 0.457 e. The second-order valence-electron chi connectivity index (χ2n) is 4.15. The number of amides is 1. The Bertz CT molecular complexity index is 824. The number of nitrogens with one attached hydrogen (secondary N) is 1. The van der Waals surface area contributed by atoms with E-state index in [1.807, 2.05) is 30.3 Å². The first-order valence-electron chi connectivity index (χ1n) is 6.07. The molecule has 0 aliphatic heterocycles. The van der Waals surface area contributed by atoms with Crippen molar-refractivity contribution in [1.82, 2.24) is 4.98 Å². The molecule has 2 heterocycles. The molecule has 0 unspecified atom stereocenters. The van der Waals surface area contributed by atoms with Gasteiger partial charge in [0.2, 0.25) is 0 Å². The highest BCUT2D eigenvalue weighted by molar-refractivity contribution is 7.13. The molecule has 0 aliphatic rings. The molecule has 0 radical (unpaired) electrons. The number of para-hydroxylation sites is 1. The Morgan fingerprint density at radius 3 is 3.00 bits per heavy atom. The molecule has 5 nitrogen and oxygen atoms in total. The smallest absolute Gasteiger partial charge is 0.268 e. The zero-order valence-electron chi connectivity index (χ0n) is 10.7. The summed E-state index contributed by atoms with van der Waals surface area (Å²) in [5.41, 5.74) is 0.672. The van der Waals surface area contributed by atoms with E-state index in [0.29, 0.717) is 16.5 Å². The molecule has 21 heavy (non-hydrogen) atoms. The molecule has 1 aromatic carbocycles. The molecular weight excluding hydrogens is 286 g/mol. The molecule has 1 amide bonds. The van der Waals surface area contributed by atoms with Crippen LogP contribution in [0.5, 0.6) is 0 Å². The summed E-state index contributed by atoms with van der Waals surface area (Å²) in [4.78, 5) is 15.9. The van der Waals surface area contributed by atoms with Gasteiger partial charge in [0, 0.05) is 23.0 Å². The number of rotatable bonds is 3. The van der Waals surface area contributed by atoms with Gasteiger partial charge in [0.1, 0.15) is 23.0 Å². The fourth-order valence-electron chi connectivity index (χ4n) is 1.81. The van der Waals surface area contributed by atoms with E-state index in [2.05, 4.69) is 10.3 Å². The van der Waals surface area contributed by atoms with Crippen molar-refractivity contribution in [1.29, 1.82) is 5.26 Å². The van der Waals surface area contributed by atoms with Crippen LogP contribution in [-0.4, -0.2) is 10.9 Å². The number of thiazole rings is 1. The molecule has 0 saturated heterocycles. The summed E-state index contributed by atoms with van der Waals surface area (Å²) >= 11 is 1.29. The lowest BCUT2D eigenvalue weighted by Crippen LogP contribution is -2.13. The molecule has 3 aromatic rings. The predicted octanol–water partition coefficient (Wildman–Crippen LogP) is 3.43. The number of carbonyl (C=O) groups is 1. The van der Waals surface area contributed by atoms with Crippen LogP contribution in [0.3, 0.4) is 0 Å². The SMILES string of the molecule is N#C/C(=C\c1cc2ccccc2o1)C(=O)Nc1nccs1. The van der Waals surface area contributed by atoms with Gasteiger partial charge in [-0.25, -0.2) is 4.98 Å². The second kappa shape index (κ2) is 5.61. The van der Waals surface area contributed by atoms with Crippen LogP contribution in [0.15, 0.2) is 51.9 Å². The number of nitriles is 1. The summed E-state index contributed by atoms with van der Waals surface area (Å²) in [6.07, 6.45) is 3.00. The first-order chi connectivity index (χ1) is 10.3. The van der Waals surface area contributed by atoms with Gasteiger partial charge >= 0.3 is 0 Å². The number of aromatic nitrogens is 1. The van der Waals surface area contributed by atoms with Crippen LogP contribution in [-0.2, 0) is 4.79 Å². The lowest BCUT2D eigenvalue weighted by atomic mass is 10.2.